The van der Waals surface area contributed by atoms with Crippen LogP contribution in [0.25, 0.3) is 6.08 Å². The smallest absolute Gasteiger partial charge is 0.328 e. The summed E-state index contributed by atoms with van der Waals surface area (Å²) in [5, 5.41) is 8.63. The number of carboxylic acids is 1. The molecule has 0 bridgehead atoms. The largest absolute Gasteiger partial charge is 0.478 e. The Labute approximate surface area is 124 Å². The number of hydrogen-bond donors (Lipinski definition) is 1. The van der Waals surface area contributed by atoms with E-state index in [0.29, 0.717) is 0 Å². The highest BCUT2D eigenvalue weighted by Gasteiger charge is 2.05. The highest BCUT2D eigenvalue weighted by atomic mass is 16.5. The summed E-state index contributed by atoms with van der Waals surface area (Å²) in [6.45, 7) is 6.00. The van der Waals surface area contributed by atoms with Crippen molar-refractivity contribution in [1.82, 2.24) is 0 Å². The van der Waals surface area contributed by atoms with E-state index in [1.807, 2.05) is 51.1 Å². The average molecular weight is 282 g/mol. The number of hydrogen-bond acceptors (Lipinski definition) is 2. The number of ether oxygens (including phenoxy) is 1. The van der Waals surface area contributed by atoms with Crippen LogP contribution in [0.1, 0.15) is 22.3 Å². The van der Waals surface area contributed by atoms with Gasteiger partial charge in [0.15, 0.2) is 0 Å². The summed E-state index contributed by atoms with van der Waals surface area (Å²) >= 11 is 0. The molecule has 1 N–H and O–H groups in total. The first-order valence-corrected chi connectivity index (χ1v) is 6.72. The van der Waals surface area contributed by atoms with E-state index < -0.39 is 5.97 Å². The molecule has 0 saturated carbocycles. The van der Waals surface area contributed by atoms with E-state index in [0.717, 1.165) is 34.3 Å². The van der Waals surface area contributed by atoms with Crippen molar-refractivity contribution in [3.05, 3.63) is 64.7 Å². The van der Waals surface area contributed by atoms with Crippen molar-refractivity contribution in [3.8, 4) is 11.5 Å². The fourth-order valence-electron chi connectivity index (χ4n) is 2.09. The molecule has 2 aromatic rings. The summed E-state index contributed by atoms with van der Waals surface area (Å²) in [5.74, 6) is 0.648. The fourth-order valence-corrected chi connectivity index (χ4v) is 2.09. The maximum absolute atomic E-state index is 10.5. The zero-order valence-electron chi connectivity index (χ0n) is 12.4. The summed E-state index contributed by atoms with van der Waals surface area (Å²) in [6, 6.07) is 11.7. The van der Waals surface area contributed by atoms with Crippen LogP contribution >= 0.6 is 0 Å². The van der Waals surface area contributed by atoms with Crippen molar-refractivity contribution in [2.75, 3.05) is 0 Å². The Kier molecular flexibility index (Phi) is 4.43. The van der Waals surface area contributed by atoms with Crippen LogP contribution in [0.2, 0.25) is 0 Å². The van der Waals surface area contributed by atoms with Gasteiger partial charge >= 0.3 is 5.97 Å². The van der Waals surface area contributed by atoms with Gasteiger partial charge < -0.3 is 9.84 Å². The Hall–Kier alpha value is -2.55. The van der Waals surface area contributed by atoms with E-state index in [-0.39, 0.29) is 0 Å². The van der Waals surface area contributed by atoms with Gasteiger partial charge in [-0.25, -0.2) is 4.79 Å². The molecule has 0 saturated heterocycles. The van der Waals surface area contributed by atoms with Crippen LogP contribution in [-0.4, -0.2) is 11.1 Å². The molecule has 0 spiro atoms. The Balaban J connectivity index is 2.23. The predicted octanol–water partition coefficient (Wildman–Crippen LogP) is 4.50. The van der Waals surface area contributed by atoms with Gasteiger partial charge in [-0.05, 0) is 61.7 Å². The number of rotatable bonds is 4. The van der Waals surface area contributed by atoms with Gasteiger partial charge in [0.25, 0.3) is 0 Å². The maximum atomic E-state index is 10.5. The molecule has 3 nitrogen and oxygen atoms in total. The fraction of sp³-hybridized carbons (Fsp3) is 0.167. The Bertz CT molecular complexity index is 700. The molecule has 0 fully saturated rings. The van der Waals surface area contributed by atoms with Crippen molar-refractivity contribution < 1.29 is 14.6 Å². The van der Waals surface area contributed by atoms with Gasteiger partial charge in [0, 0.05) is 6.08 Å². The van der Waals surface area contributed by atoms with E-state index in [9.17, 15) is 4.79 Å². The van der Waals surface area contributed by atoms with Crippen LogP contribution in [0.5, 0.6) is 11.5 Å². The van der Waals surface area contributed by atoms with Crippen molar-refractivity contribution in [2.45, 2.75) is 20.8 Å². The van der Waals surface area contributed by atoms with E-state index in [1.165, 1.54) is 5.56 Å². The van der Waals surface area contributed by atoms with Crippen molar-refractivity contribution >= 4 is 12.0 Å². The first kappa shape index (κ1) is 14.9. The highest BCUT2D eigenvalue weighted by Crippen LogP contribution is 2.29. The zero-order chi connectivity index (χ0) is 15.4. The zero-order valence-corrected chi connectivity index (χ0v) is 12.4. The summed E-state index contributed by atoms with van der Waals surface area (Å²) in [7, 11) is 0. The quantitative estimate of drug-likeness (QED) is 0.840. The lowest BCUT2D eigenvalue weighted by atomic mass is 10.1. The van der Waals surface area contributed by atoms with E-state index in [4.69, 9.17) is 9.84 Å². The monoisotopic (exact) mass is 282 g/mol. The van der Waals surface area contributed by atoms with Crippen LogP contribution in [0.3, 0.4) is 0 Å². The third kappa shape index (κ3) is 3.96. The second-order valence-corrected chi connectivity index (χ2v) is 5.07. The van der Waals surface area contributed by atoms with E-state index in [2.05, 4.69) is 6.07 Å². The molecule has 0 radical (unpaired) electrons. The molecule has 2 aromatic carbocycles. The molecule has 0 atom stereocenters. The topological polar surface area (TPSA) is 46.5 Å². The number of carbonyl (C=O) groups is 1. The lowest BCUT2D eigenvalue weighted by Crippen LogP contribution is -1.91. The average Bonchev–Trinajstić information content (AvgIpc) is 2.42. The number of aryl methyl sites for hydroxylation is 3. The molecular weight excluding hydrogens is 264 g/mol. The molecule has 0 heterocycles. The Morgan fingerprint density at radius 3 is 2.19 bits per heavy atom. The van der Waals surface area contributed by atoms with E-state index in [1.54, 1.807) is 6.08 Å². The summed E-state index contributed by atoms with van der Waals surface area (Å²) in [5.41, 5.74) is 4.08. The van der Waals surface area contributed by atoms with Gasteiger partial charge in [-0.3, -0.25) is 0 Å². The van der Waals surface area contributed by atoms with Crippen molar-refractivity contribution in [3.63, 3.8) is 0 Å². The molecule has 2 rings (SSSR count). The normalized spacial score (nSPS) is 10.8. The van der Waals surface area contributed by atoms with Crippen molar-refractivity contribution in [2.24, 2.45) is 0 Å². The highest BCUT2D eigenvalue weighted by molar-refractivity contribution is 5.85. The van der Waals surface area contributed by atoms with Crippen LogP contribution in [0.4, 0.5) is 0 Å². The van der Waals surface area contributed by atoms with Crippen LogP contribution in [-0.2, 0) is 4.79 Å². The standard InChI is InChI=1S/C18H18O3/c1-12-4-7-16(13(2)10-12)21-17-8-5-15(11-14(17)3)6-9-18(19)20/h4-11H,1-3H3,(H,19,20). The second-order valence-electron chi connectivity index (χ2n) is 5.07. The van der Waals surface area contributed by atoms with Gasteiger partial charge in [-0.2, -0.15) is 0 Å². The van der Waals surface area contributed by atoms with Gasteiger partial charge in [0.05, 0.1) is 0 Å². The third-order valence-corrected chi connectivity index (χ3v) is 3.17. The third-order valence-electron chi connectivity index (χ3n) is 3.17. The van der Waals surface area contributed by atoms with Crippen LogP contribution < -0.4 is 4.74 Å². The van der Waals surface area contributed by atoms with E-state index >= 15 is 0 Å². The molecule has 21 heavy (non-hydrogen) atoms. The molecule has 3 heteroatoms. The molecule has 108 valence electrons. The van der Waals surface area contributed by atoms with Crippen LogP contribution in [0.15, 0.2) is 42.5 Å². The summed E-state index contributed by atoms with van der Waals surface area (Å²) in [4.78, 5) is 10.5. The second kappa shape index (κ2) is 6.27. The molecule has 0 aliphatic rings. The minimum Gasteiger partial charge on any atom is -0.478 e. The van der Waals surface area contributed by atoms with Gasteiger partial charge in [-0.1, -0.05) is 23.8 Å². The first-order chi connectivity index (χ1) is 9.95. The van der Waals surface area contributed by atoms with Crippen LogP contribution in [0, 0.1) is 20.8 Å². The summed E-state index contributed by atoms with van der Waals surface area (Å²) < 4.78 is 5.94. The Morgan fingerprint density at radius 2 is 1.62 bits per heavy atom. The molecule has 0 aliphatic carbocycles. The SMILES string of the molecule is Cc1ccc(Oc2ccc(C=CC(=O)O)cc2C)c(C)c1. The minimum atomic E-state index is -0.955. The number of aliphatic carboxylic acids is 1. The Morgan fingerprint density at radius 1 is 1.00 bits per heavy atom. The molecular formula is C18H18O3. The molecule has 0 amide bonds. The van der Waals surface area contributed by atoms with Gasteiger partial charge in [-0.15, -0.1) is 0 Å². The molecule has 0 aliphatic heterocycles. The maximum Gasteiger partial charge on any atom is 0.328 e. The van der Waals surface area contributed by atoms with Gasteiger partial charge in [0.2, 0.25) is 0 Å². The minimum absolute atomic E-state index is 0.773. The molecule has 0 unspecified atom stereocenters. The predicted molar refractivity (Wildman–Crippen MR) is 83.8 cm³/mol. The van der Waals surface area contributed by atoms with Crippen molar-refractivity contribution in [1.29, 1.82) is 0 Å². The van der Waals surface area contributed by atoms with Gasteiger partial charge in [0.1, 0.15) is 11.5 Å². The molecule has 0 aromatic heterocycles. The number of benzene rings is 2. The first-order valence-electron chi connectivity index (χ1n) is 6.72. The lowest BCUT2D eigenvalue weighted by molar-refractivity contribution is -0.131. The summed E-state index contributed by atoms with van der Waals surface area (Å²) in [6.07, 6.45) is 2.69. The number of carboxylic acid groups (broad SMARTS) is 1. The lowest BCUT2D eigenvalue weighted by Gasteiger charge is -2.12.